The summed E-state index contributed by atoms with van der Waals surface area (Å²) in [5.41, 5.74) is 1.01. The fraction of sp³-hybridized carbons (Fsp3) is 0.333. The lowest BCUT2D eigenvalue weighted by Crippen LogP contribution is -2.40. The number of rotatable bonds is 2. The van der Waals surface area contributed by atoms with Crippen molar-refractivity contribution in [3.05, 3.63) is 34.3 Å². The Hall–Kier alpha value is -1.36. The van der Waals surface area contributed by atoms with Crippen LogP contribution in [0.4, 0.5) is 4.79 Å². The number of imide groups is 1. The van der Waals surface area contributed by atoms with E-state index in [1.165, 1.54) is 4.90 Å². The maximum absolute atomic E-state index is 11.7. The summed E-state index contributed by atoms with van der Waals surface area (Å²) in [7, 11) is 0. The zero-order valence-electron chi connectivity index (χ0n) is 9.28. The van der Waals surface area contributed by atoms with Gasteiger partial charge in [0.25, 0.3) is 0 Å². The highest BCUT2D eigenvalue weighted by molar-refractivity contribution is 9.10. The lowest BCUT2D eigenvalue weighted by Gasteiger charge is -2.14. The third-order valence-electron chi connectivity index (χ3n) is 2.68. The average Bonchev–Trinajstić information content (AvgIpc) is 2.74. The first-order valence-corrected chi connectivity index (χ1v) is 6.29. The molecular weight excluding hydrogens is 284 g/mol. The van der Waals surface area contributed by atoms with E-state index >= 15 is 0 Å². The van der Waals surface area contributed by atoms with Gasteiger partial charge in [-0.2, -0.15) is 0 Å². The highest BCUT2D eigenvalue weighted by atomic mass is 79.9. The molecule has 1 N–H and O–H groups in total. The van der Waals surface area contributed by atoms with Gasteiger partial charge in [0.15, 0.2) is 0 Å². The van der Waals surface area contributed by atoms with Crippen molar-refractivity contribution < 1.29 is 9.59 Å². The minimum absolute atomic E-state index is 0.0849. The Kier molecular flexibility index (Phi) is 3.78. The molecule has 1 aromatic carbocycles. The molecule has 1 heterocycles. The van der Waals surface area contributed by atoms with Crippen LogP contribution in [-0.4, -0.2) is 23.4 Å². The predicted molar refractivity (Wildman–Crippen MR) is 67.3 cm³/mol. The molecule has 1 fully saturated rings. The molecule has 5 heteroatoms. The Bertz CT molecular complexity index is 431. The summed E-state index contributed by atoms with van der Waals surface area (Å²) < 4.78 is 1.00. The van der Waals surface area contributed by atoms with Crippen LogP contribution in [-0.2, 0) is 11.3 Å². The lowest BCUT2D eigenvalue weighted by atomic mass is 10.2. The van der Waals surface area contributed by atoms with E-state index in [2.05, 4.69) is 21.2 Å². The molecule has 0 bridgehead atoms. The van der Waals surface area contributed by atoms with Crippen molar-refractivity contribution in [2.24, 2.45) is 0 Å². The summed E-state index contributed by atoms with van der Waals surface area (Å²) in [4.78, 5) is 24.3. The van der Waals surface area contributed by atoms with Crippen molar-refractivity contribution >= 4 is 27.9 Å². The van der Waals surface area contributed by atoms with Crippen LogP contribution in [0.1, 0.15) is 18.4 Å². The number of carbonyl (C=O) groups is 2. The number of likely N-dealkylation sites (tertiary alicyclic amines) is 1. The van der Waals surface area contributed by atoms with E-state index in [1.54, 1.807) is 0 Å². The van der Waals surface area contributed by atoms with Gasteiger partial charge < -0.3 is 5.32 Å². The highest BCUT2D eigenvalue weighted by Gasteiger charge is 2.25. The SMILES string of the molecule is O=C1CCCN1C(=O)NCc1ccc(Br)cc1. The Morgan fingerprint density at radius 3 is 2.65 bits per heavy atom. The van der Waals surface area contributed by atoms with Gasteiger partial charge >= 0.3 is 6.03 Å². The Balaban J connectivity index is 1.87. The minimum Gasteiger partial charge on any atom is -0.334 e. The first-order valence-electron chi connectivity index (χ1n) is 5.49. The largest absolute Gasteiger partial charge is 0.334 e. The molecule has 3 amide bonds. The van der Waals surface area contributed by atoms with Gasteiger partial charge in [-0.05, 0) is 24.1 Å². The maximum atomic E-state index is 11.7. The Morgan fingerprint density at radius 1 is 1.35 bits per heavy atom. The number of nitrogens with zero attached hydrogens (tertiary/aromatic N) is 1. The number of hydrogen-bond donors (Lipinski definition) is 1. The number of carbonyl (C=O) groups excluding carboxylic acids is 2. The monoisotopic (exact) mass is 296 g/mol. The molecule has 0 radical (unpaired) electrons. The van der Waals surface area contributed by atoms with E-state index in [0.29, 0.717) is 19.5 Å². The molecule has 2 rings (SSSR count). The molecule has 1 saturated heterocycles. The van der Waals surface area contributed by atoms with Gasteiger partial charge in [0.2, 0.25) is 5.91 Å². The van der Waals surface area contributed by atoms with Crippen molar-refractivity contribution in [2.45, 2.75) is 19.4 Å². The topological polar surface area (TPSA) is 49.4 Å². The number of halogens is 1. The molecule has 0 saturated carbocycles. The van der Waals surface area contributed by atoms with Gasteiger partial charge in [-0.25, -0.2) is 4.79 Å². The van der Waals surface area contributed by atoms with E-state index in [9.17, 15) is 9.59 Å². The number of benzene rings is 1. The fourth-order valence-corrected chi connectivity index (χ4v) is 2.00. The standard InChI is InChI=1S/C12H13BrN2O2/c13-10-5-3-9(4-6-10)8-14-12(17)15-7-1-2-11(15)16/h3-6H,1-2,7-8H2,(H,14,17). The number of nitrogens with one attached hydrogen (secondary N) is 1. The maximum Gasteiger partial charge on any atom is 0.324 e. The third-order valence-corrected chi connectivity index (χ3v) is 3.20. The van der Waals surface area contributed by atoms with Crippen LogP contribution < -0.4 is 5.32 Å². The van der Waals surface area contributed by atoms with Crippen molar-refractivity contribution in [3.8, 4) is 0 Å². The lowest BCUT2D eigenvalue weighted by molar-refractivity contribution is -0.125. The van der Waals surface area contributed by atoms with Crippen molar-refractivity contribution in [1.82, 2.24) is 10.2 Å². The molecule has 0 spiro atoms. The van der Waals surface area contributed by atoms with Crippen molar-refractivity contribution in [1.29, 1.82) is 0 Å². The summed E-state index contributed by atoms with van der Waals surface area (Å²) in [6.45, 7) is 0.973. The predicted octanol–water partition coefficient (Wildman–Crippen LogP) is 2.28. The molecule has 1 aromatic rings. The summed E-state index contributed by atoms with van der Waals surface area (Å²) in [5, 5.41) is 2.74. The number of amides is 3. The Labute approximate surface area is 108 Å². The van der Waals surface area contributed by atoms with Gasteiger partial charge in [0, 0.05) is 24.0 Å². The molecule has 17 heavy (non-hydrogen) atoms. The first-order chi connectivity index (χ1) is 8.16. The zero-order chi connectivity index (χ0) is 12.3. The quantitative estimate of drug-likeness (QED) is 0.910. The van der Waals surface area contributed by atoms with Gasteiger partial charge in [-0.15, -0.1) is 0 Å². The summed E-state index contributed by atoms with van der Waals surface area (Å²) in [6, 6.07) is 7.40. The second kappa shape index (κ2) is 5.31. The number of urea groups is 1. The van der Waals surface area contributed by atoms with Crippen LogP contribution in [0.3, 0.4) is 0 Å². The molecule has 0 unspecified atom stereocenters. The van der Waals surface area contributed by atoms with E-state index in [-0.39, 0.29) is 11.9 Å². The van der Waals surface area contributed by atoms with E-state index in [1.807, 2.05) is 24.3 Å². The molecule has 4 nitrogen and oxygen atoms in total. The van der Waals surface area contributed by atoms with E-state index in [0.717, 1.165) is 16.5 Å². The molecule has 0 atom stereocenters. The number of hydrogen-bond acceptors (Lipinski definition) is 2. The molecule has 1 aliphatic rings. The Morgan fingerprint density at radius 2 is 2.06 bits per heavy atom. The average molecular weight is 297 g/mol. The van der Waals surface area contributed by atoms with Crippen molar-refractivity contribution in [2.75, 3.05) is 6.54 Å². The van der Waals surface area contributed by atoms with Crippen LogP contribution in [0, 0.1) is 0 Å². The summed E-state index contributed by atoms with van der Waals surface area (Å²) >= 11 is 3.35. The normalized spacial score (nSPS) is 15.1. The summed E-state index contributed by atoms with van der Waals surface area (Å²) in [6.07, 6.45) is 1.25. The van der Waals surface area contributed by atoms with Crippen LogP contribution in [0.25, 0.3) is 0 Å². The summed E-state index contributed by atoms with van der Waals surface area (Å²) in [5.74, 6) is -0.0849. The molecule has 0 aliphatic carbocycles. The van der Waals surface area contributed by atoms with Gasteiger partial charge in [0.05, 0.1) is 0 Å². The van der Waals surface area contributed by atoms with E-state index in [4.69, 9.17) is 0 Å². The third kappa shape index (κ3) is 3.06. The minimum atomic E-state index is -0.296. The van der Waals surface area contributed by atoms with Gasteiger partial charge in [-0.1, -0.05) is 28.1 Å². The van der Waals surface area contributed by atoms with Gasteiger partial charge in [0.1, 0.15) is 0 Å². The second-order valence-electron chi connectivity index (χ2n) is 3.93. The fourth-order valence-electron chi connectivity index (χ4n) is 1.74. The van der Waals surface area contributed by atoms with Crippen LogP contribution in [0.5, 0.6) is 0 Å². The highest BCUT2D eigenvalue weighted by Crippen LogP contribution is 2.11. The molecular formula is C12H13BrN2O2. The zero-order valence-corrected chi connectivity index (χ0v) is 10.9. The van der Waals surface area contributed by atoms with E-state index < -0.39 is 0 Å². The van der Waals surface area contributed by atoms with Crippen LogP contribution in [0.2, 0.25) is 0 Å². The van der Waals surface area contributed by atoms with Crippen molar-refractivity contribution in [3.63, 3.8) is 0 Å². The van der Waals surface area contributed by atoms with Crippen LogP contribution in [0.15, 0.2) is 28.7 Å². The first kappa shape index (κ1) is 12.1. The van der Waals surface area contributed by atoms with Crippen LogP contribution >= 0.6 is 15.9 Å². The molecule has 0 aromatic heterocycles. The molecule has 1 aliphatic heterocycles. The smallest absolute Gasteiger partial charge is 0.324 e. The second-order valence-corrected chi connectivity index (χ2v) is 4.85. The van der Waals surface area contributed by atoms with Gasteiger partial charge in [-0.3, -0.25) is 9.69 Å². The molecule has 90 valence electrons.